The summed E-state index contributed by atoms with van der Waals surface area (Å²) >= 11 is 7.39. The summed E-state index contributed by atoms with van der Waals surface area (Å²) in [5, 5.41) is 8.51. The average molecular weight is 354 g/mol. The molecule has 0 amide bonds. The first-order chi connectivity index (χ1) is 11.2. The third kappa shape index (κ3) is 4.42. The molecule has 0 radical (unpaired) electrons. The van der Waals surface area contributed by atoms with E-state index in [-0.39, 0.29) is 0 Å². The van der Waals surface area contributed by atoms with Crippen molar-refractivity contribution in [3.63, 3.8) is 0 Å². The molecule has 0 aromatic carbocycles. The lowest BCUT2D eigenvalue weighted by atomic mass is 10.3. The lowest BCUT2D eigenvalue weighted by Crippen LogP contribution is -2.04. The molecule has 0 aliphatic rings. The van der Waals surface area contributed by atoms with E-state index in [1.165, 1.54) is 11.3 Å². The third-order valence-electron chi connectivity index (χ3n) is 3.08. The van der Waals surface area contributed by atoms with Crippen molar-refractivity contribution in [2.45, 2.75) is 13.2 Å². The Morgan fingerprint density at radius 3 is 2.96 bits per heavy atom. The van der Waals surface area contributed by atoms with Crippen LogP contribution in [-0.2, 0) is 22.6 Å². The van der Waals surface area contributed by atoms with Crippen LogP contribution in [0.1, 0.15) is 11.4 Å². The standard InChI is InChI=1S/C15H16ClN3O3S/c1-20-6-7-21-10-11-4-5-19(17-11)9-12-8-13(22-18-12)14-2-3-15(16)23-14/h2-5,8H,6-7,9-10H2,1H3. The summed E-state index contributed by atoms with van der Waals surface area (Å²) in [6.45, 7) is 2.14. The van der Waals surface area contributed by atoms with Gasteiger partial charge in [-0.3, -0.25) is 4.68 Å². The molecule has 0 bridgehead atoms. The van der Waals surface area contributed by atoms with Crippen LogP contribution in [0.25, 0.3) is 10.6 Å². The summed E-state index contributed by atoms with van der Waals surface area (Å²) in [5.74, 6) is 0.715. The Balaban J connectivity index is 1.57. The zero-order valence-corrected chi connectivity index (χ0v) is 14.1. The molecule has 0 aliphatic carbocycles. The third-order valence-corrected chi connectivity index (χ3v) is 4.32. The fourth-order valence-electron chi connectivity index (χ4n) is 2.00. The van der Waals surface area contributed by atoms with Gasteiger partial charge in [0.1, 0.15) is 5.69 Å². The summed E-state index contributed by atoms with van der Waals surface area (Å²) in [4.78, 5) is 0.960. The number of halogens is 1. The molecule has 0 spiro atoms. The van der Waals surface area contributed by atoms with Crippen molar-refractivity contribution in [2.75, 3.05) is 20.3 Å². The highest BCUT2D eigenvalue weighted by Gasteiger charge is 2.10. The van der Waals surface area contributed by atoms with Crippen molar-refractivity contribution in [1.82, 2.24) is 14.9 Å². The van der Waals surface area contributed by atoms with Crippen LogP contribution in [0, 0.1) is 0 Å². The van der Waals surface area contributed by atoms with Crippen molar-refractivity contribution >= 4 is 22.9 Å². The second-order valence-electron chi connectivity index (χ2n) is 4.84. The van der Waals surface area contributed by atoms with Crippen LogP contribution in [0.2, 0.25) is 4.34 Å². The summed E-state index contributed by atoms with van der Waals surface area (Å²) in [7, 11) is 1.65. The van der Waals surface area contributed by atoms with E-state index in [9.17, 15) is 0 Å². The quantitative estimate of drug-likeness (QED) is 0.580. The smallest absolute Gasteiger partial charge is 0.177 e. The van der Waals surface area contributed by atoms with Crippen LogP contribution in [0.4, 0.5) is 0 Å². The summed E-state index contributed by atoms with van der Waals surface area (Å²) < 4.78 is 18.3. The van der Waals surface area contributed by atoms with Gasteiger partial charge < -0.3 is 14.0 Å². The van der Waals surface area contributed by atoms with Crippen LogP contribution in [0.3, 0.4) is 0 Å². The van der Waals surface area contributed by atoms with Gasteiger partial charge in [0.05, 0.1) is 41.3 Å². The topological polar surface area (TPSA) is 62.3 Å². The highest BCUT2D eigenvalue weighted by atomic mass is 35.5. The lowest BCUT2D eigenvalue weighted by Gasteiger charge is -2.00. The van der Waals surface area contributed by atoms with Gasteiger partial charge in [-0.25, -0.2) is 0 Å². The Morgan fingerprint density at radius 2 is 2.17 bits per heavy atom. The fourth-order valence-corrected chi connectivity index (χ4v) is 2.99. The minimum atomic E-state index is 0.466. The van der Waals surface area contributed by atoms with E-state index in [1.54, 1.807) is 11.8 Å². The number of hydrogen-bond donors (Lipinski definition) is 0. The highest BCUT2D eigenvalue weighted by molar-refractivity contribution is 7.19. The van der Waals surface area contributed by atoms with E-state index in [1.807, 2.05) is 30.5 Å². The maximum Gasteiger partial charge on any atom is 0.177 e. The first-order valence-corrected chi connectivity index (χ1v) is 8.24. The largest absolute Gasteiger partial charge is 0.382 e. The number of thiophene rings is 1. The molecule has 6 nitrogen and oxygen atoms in total. The van der Waals surface area contributed by atoms with Gasteiger partial charge >= 0.3 is 0 Å². The molecule has 3 rings (SSSR count). The summed E-state index contributed by atoms with van der Waals surface area (Å²) in [6.07, 6.45) is 1.89. The minimum Gasteiger partial charge on any atom is -0.382 e. The molecule has 3 heterocycles. The minimum absolute atomic E-state index is 0.466. The number of rotatable bonds is 8. The van der Waals surface area contributed by atoms with Gasteiger partial charge in [0, 0.05) is 19.4 Å². The van der Waals surface area contributed by atoms with Gasteiger partial charge in [-0.15, -0.1) is 11.3 Å². The first-order valence-electron chi connectivity index (χ1n) is 7.05. The molecule has 0 fully saturated rings. The van der Waals surface area contributed by atoms with E-state index < -0.39 is 0 Å². The molecule has 0 atom stereocenters. The molecule has 0 aliphatic heterocycles. The van der Waals surface area contributed by atoms with E-state index in [0.29, 0.717) is 32.1 Å². The Labute approximate surface area is 142 Å². The predicted molar refractivity (Wildman–Crippen MR) is 87.7 cm³/mol. The number of methoxy groups -OCH3 is 1. The fraction of sp³-hybridized carbons (Fsp3) is 0.333. The molecular weight excluding hydrogens is 338 g/mol. The maximum absolute atomic E-state index is 5.93. The molecule has 3 aromatic rings. The number of ether oxygens (including phenoxy) is 2. The molecular formula is C15H16ClN3O3S. The average Bonchev–Trinajstić information content (AvgIpc) is 3.26. The monoisotopic (exact) mass is 353 g/mol. The van der Waals surface area contributed by atoms with Crippen LogP contribution in [0.5, 0.6) is 0 Å². The van der Waals surface area contributed by atoms with Crippen LogP contribution in [-0.4, -0.2) is 35.3 Å². The Bertz CT molecular complexity index is 753. The first kappa shape index (κ1) is 16.2. The molecule has 0 saturated heterocycles. The van der Waals surface area contributed by atoms with Crippen LogP contribution in [0.15, 0.2) is 35.0 Å². The van der Waals surface area contributed by atoms with E-state index in [4.69, 9.17) is 25.6 Å². The van der Waals surface area contributed by atoms with Crippen LogP contribution >= 0.6 is 22.9 Å². The van der Waals surface area contributed by atoms with Gasteiger partial charge in [0.15, 0.2) is 5.76 Å². The number of hydrogen-bond acceptors (Lipinski definition) is 6. The van der Waals surface area contributed by atoms with E-state index in [2.05, 4.69) is 10.3 Å². The second-order valence-corrected chi connectivity index (χ2v) is 6.55. The SMILES string of the molecule is COCCOCc1ccn(Cc2cc(-c3ccc(Cl)s3)on2)n1. The van der Waals surface area contributed by atoms with Crippen LogP contribution < -0.4 is 0 Å². The second kappa shape index (κ2) is 7.74. The maximum atomic E-state index is 5.93. The zero-order chi connectivity index (χ0) is 16.1. The Morgan fingerprint density at radius 1 is 1.26 bits per heavy atom. The van der Waals surface area contributed by atoms with E-state index >= 15 is 0 Å². The molecule has 23 heavy (non-hydrogen) atoms. The molecule has 8 heteroatoms. The highest BCUT2D eigenvalue weighted by Crippen LogP contribution is 2.31. The molecule has 3 aromatic heterocycles. The normalized spacial score (nSPS) is 11.2. The van der Waals surface area contributed by atoms with Crippen molar-refractivity contribution in [3.05, 3.63) is 46.2 Å². The zero-order valence-electron chi connectivity index (χ0n) is 12.6. The van der Waals surface area contributed by atoms with Gasteiger partial charge in [-0.2, -0.15) is 5.10 Å². The van der Waals surface area contributed by atoms with Crippen molar-refractivity contribution in [3.8, 4) is 10.6 Å². The van der Waals surface area contributed by atoms with Crippen molar-refractivity contribution in [2.24, 2.45) is 0 Å². The summed E-state index contributed by atoms with van der Waals surface area (Å²) in [6, 6.07) is 7.58. The Hall–Kier alpha value is -1.67. The van der Waals surface area contributed by atoms with Gasteiger partial charge in [0.2, 0.25) is 0 Å². The van der Waals surface area contributed by atoms with Crippen molar-refractivity contribution in [1.29, 1.82) is 0 Å². The van der Waals surface area contributed by atoms with Gasteiger partial charge in [-0.1, -0.05) is 16.8 Å². The van der Waals surface area contributed by atoms with Gasteiger partial charge in [0.25, 0.3) is 0 Å². The van der Waals surface area contributed by atoms with E-state index in [0.717, 1.165) is 20.6 Å². The van der Waals surface area contributed by atoms with Gasteiger partial charge in [-0.05, 0) is 18.2 Å². The van der Waals surface area contributed by atoms with Crippen molar-refractivity contribution < 1.29 is 14.0 Å². The number of aromatic nitrogens is 3. The molecule has 0 N–H and O–H groups in total. The number of nitrogens with zero attached hydrogens (tertiary/aromatic N) is 3. The predicted octanol–water partition coefficient (Wildman–Crippen LogP) is 3.46. The Kier molecular flexibility index (Phi) is 5.45. The summed E-state index contributed by atoms with van der Waals surface area (Å²) in [5.41, 5.74) is 1.68. The lowest BCUT2D eigenvalue weighted by molar-refractivity contribution is 0.0600. The molecule has 122 valence electrons. The molecule has 0 unspecified atom stereocenters. The molecule has 0 saturated carbocycles.